The minimum absolute atomic E-state index is 0.711. The number of aliphatic hydroxyl groups is 2. The quantitative estimate of drug-likeness (QED) is 0.0918. The van der Waals surface area contributed by atoms with Crippen LogP contribution in [-0.2, 0) is 30.0 Å². The van der Waals surface area contributed by atoms with E-state index in [2.05, 4.69) is 68.4 Å². The first-order valence-electron chi connectivity index (χ1n) is 15.6. The van der Waals surface area contributed by atoms with Gasteiger partial charge in [0.15, 0.2) is 0 Å². The van der Waals surface area contributed by atoms with Crippen molar-refractivity contribution in [3.05, 3.63) is 69.8 Å². The zero-order chi connectivity index (χ0) is 31.7. The second-order valence-electron chi connectivity index (χ2n) is 11.7. The van der Waals surface area contributed by atoms with Crippen LogP contribution in [0.2, 0.25) is 0 Å². The van der Waals surface area contributed by atoms with E-state index >= 15 is 0 Å². The van der Waals surface area contributed by atoms with E-state index in [0.29, 0.717) is 0 Å². The van der Waals surface area contributed by atoms with E-state index in [1.165, 1.54) is 47.9 Å². The molecule has 2 atom stereocenters. The summed E-state index contributed by atoms with van der Waals surface area (Å²) in [4.78, 5) is 31.3. The lowest BCUT2D eigenvalue weighted by Gasteiger charge is -2.37. The maximum atomic E-state index is 11.7. The Labute approximate surface area is 257 Å². The zero-order valence-corrected chi connectivity index (χ0v) is 28.4. The highest BCUT2D eigenvalue weighted by molar-refractivity contribution is 7.53. The molecule has 7 nitrogen and oxygen atoms in total. The molecular formula is C33H56O7P2. The molecule has 240 valence electrons. The van der Waals surface area contributed by atoms with Gasteiger partial charge in [0.25, 0.3) is 0 Å². The highest BCUT2D eigenvalue weighted by Crippen LogP contribution is 2.46. The molecule has 0 aliphatic heterocycles. The van der Waals surface area contributed by atoms with Crippen LogP contribution in [0.1, 0.15) is 138 Å². The van der Waals surface area contributed by atoms with Gasteiger partial charge in [-0.3, -0.25) is 0 Å². The Morgan fingerprint density at radius 3 is 1.21 bits per heavy atom. The standard InChI is InChI=1S/C33H52O2.H4O5P2/c1-7-11-15-25-19-21-29(27(23-25)17-13-9-3)31(34)33(5,6)32(35)30-22-20-26(16-12-8-2)24-28(30)18-14-10-4;1-6(2)5-7(3)4/h19-24,31-32,34-35H,7-18H2,1-6H3;1-4H. The molecule has 6 N–H and O–H groups in total. The summed E-state index contributed by atoms with van der Waals surface area (Å²) in [7, 11) is -5.22. The normalized spacial score (nSPS) is 13.3. The largest absolute Gasteiger partial charge is 0.388 e. The third-order valence-electron chi connectivity index (χ3n) is 7.80. The molecule has 0 radical (unpaired) electrons. The van der Waals surface area contributed by atoms with Gasteiger partial charge in [0.05, 0.1) is 12.2 Å². The number of hydrogen-bond acceptors (Lipinski definition) is 7. The first-order chi connectivity index (χ1) is 19.9. The van der Waals surface area contributed by atoms with Crippen LogP contribution in [0, 0.1) is 5.41 Å². The van der Waals surface area contributed by atoms with E-state index in [9.17, 15) is 10.2 Å². The van der Waals surface area contributed by atoms with E-state index in [4.69, 9.17) is 19.6 Å². The predicted octanol–water partition coefficient (Wildman–Crippen LogP) is 8.28. The fourth-order valence-corrected chi connectivity index (χ4v) is 5.63. The molecule has 42 heavy (non-hydrogen) atoms. The van der Waals surface area contributed by atoms with Gasteiger partial charge >= 0.3 is 17.2 Å². The summed E-state index contributed by atoms with van der Waals surface area (Å²) in [5.41, 5.74) is 6.46. The van der Waals surface area contributed by atoms with E-state index in [1.807, 2.05) is 13.8 Å². The molecule has 2 aromatic rings. The van der Waals surface area contributed by atoms with Gasteiger partial charge in [0.1, 0.15) is 0 Å². The van der Waals surface area contributed by atoms with E-state index < -0.39 is 34.8 Å². The first kappa shape index (κ1) is 39.0. The number of benzene rings is 2. The third-order valence-corrected chi connectivity index (χ3v) is 8.97. The van der Waals surface area contributed by atoms with Crippen molar-refractivity contribution < 1.29 is 34.1 Å². The van der Waals surface area contributed by atoms with E-state index in [0.717, 1.165) is 62.5 Å². The molecule has 0 spiro atoms. The number of unbranched alkanes of at least 4 members (excludes halogenated alkanes) is 4. The van der Waals surface area contributed by atoms with Crippen molar-refractivity contribution in [2.45, 2.75) is 131 Å². The van der Waals surface area contributed by atoms with Crippen LogP contribution in [0.25, 0.3) is 0 Å². The minimum atomic E-state index is -2.61. The van der Waals surface area contributed by atoms with Gasteiger partial charge in [-0.15, -0.1) is 0 Å². The SMILES string of the molecule is CCCCc1ccc(C(O)C(C)(C)C(O)c2ccc(CCCC)cc2CCCC)c(CCCC)c1.OP(O)OP(O)O. The minimum Gasteiger partial charge on any atom is -0.388 e. The molecule has 9 heteroatoms. The van der Waals surface area contributed by atoms with Gasteiger partial charge in [-0.25, -0.2) is 4.31 Å². The summed E-state index contributed by atoms with van der Waals surface area (Å²) in [6.07, 6.45) is 11.9. The van der Waals surface area contributed by atoms with Crippen LogP contribution < -0.4 is 0 Å². The lowest BCUT2D eigenvalue weighted by atomic mass is 9.72. The monoisotopic (exact) mass is 626 g/mol. The molecule has 0 aromatic heterocycles. The summed E-state index contributed by atoms with van der Waals surface area (Å²) in [5, 5.41) is 23.4. The van der Waals surface area contributed by atoms with Gasteiger partial charge in [-0.05, 0) is 84.7 Å². The Hall–Kier alpha value is -0.980. The maximum Gasteiger partial charge on any atom is 0.334 e. The summed E-state index contributed by atoms with van der Waals surface area (Å²) < 4.78 is 3.60. The second-order valence-corrected chi connectivity index (χ2v) is 13.4. The lowest BCUT2D eigenvalue weighted by Crippen LogP contribution is -2.31. The van der Waals surface area contributed by atoms with E-state index in [1.54, 1.807) is 0 Å². The topological polar surface area (TPSA) is 131 Å². The predicted molar refractivity (Wildman–Crippen MR) is 175 cm³/mol. The molecular weight excluding hydrogens is 570 g/mol. The number of aliphatic hydroxyl groups excluding tert-OH is 2. The fourth-order valence-electron chi connectivity index (χ4n) is 5.11. The Balaban J connectivity index is 0.00000112. The molecule has 0 saturated heterocycles. The zero-order valence-electron chi connectivity index (χ0n) is 26.6. The van der Waals surface area contributed by atoms with Gasteiger partial charge < -0.3 is 29.8 Å². The summed E-state index contributed by atoms with van der Waals surface area (Å²) in [6, 6.07) is 13.2. The summed E-state index contributed by atoms with van der Waals surface area (Å²) in [5.74, 6) is 0. The molecule has 2 rings (SSSR count). The van der Waals surface area contributed by atoms with Crippen LogP contribution in [0.5, 0.6) is 0 Å². The van der Waals surface area contributed by atoms with Crippen LogP contribution in [-0.4, -0.2) is 29.8 Å². The Morgan fingerprint density at radius 1 is 0.595 bits per heavy atom. The molecule has 0 aliphatic rings. The van der Waals surface area contributed by atoms with Gasteiger partial charge in [-0.2, -0.15) is 0 Å². The van der Waals surface area contributed by atoms with E-state index in [-0.39, 0.29) is 0 Å². The Kier molecular flexibility index (Phi) is 19.4. The van der Waals surface area contributed by atoms with Gasteiger partial charge in [0.2, 0.25) is 0 Å². The molecule has 0 saturated carbocycles. The molecule has 2 unspecified atom stereocenters. The maximum absolute atomic E-state index is 11.7. The summed E-state index contributed by atoms with van der Waals surface area (Å²) in [6.45, 7) is 12.9. The first-order valence-corrected chi connectivity index (χ1v) is 17.9. The summed E-state index contributed by atoms with van der Waals surface area (Å²) >= 11 is 0. The number of rotatable bonds is 18. The number of hydrogen-bond donors (Lipinski definition) is 6. The Bertz CT molecular complexity index is 936. The average Bonchev–Trinajstić information content (AvgIpc) is 2.95. The van der Waals surface area contributed by atoms with Crippen LogP contribution in [0.15, 0.2) is 36.4 Å². The third kappa shape index (κ3) is 13.3. The number of aryl methyl sites for hydroxylation is 4. The van der Waals surface area contributed by atoms with Crippen molar-refractivity contribution >= 4 is 17.2 Å². The van der Waals surface area contributed by atoms with Crippen molar-refractivity contribution in [3.8, 4) is 0 Å². The van der Waals surface area contributed by atoms with Crippen molar-refractivity contribution in [1.29, 1.82) is 0 Å². The highest BCUT2D eigenvalue weighted by atomic mass is 31.2. The highest BCUT2D eigenvalue weighted by Gasteiger charge is 2.39. The van der Waals surface area contributed by atoms with Crippen LogP contribution in [0.4, 0.5) is 0 Å². The van der Waals surface area contributed by atoms with Gasteiger partial charge in [0, 0.05) is 5.41 Å². The van der Waals surface area contributed by atoms with Crippen molar-refractivity contribution in [2.24, 2.45) is 5.41 Å². The molecule has 0 bridgehead atoms. The molecule has 2 aromatic carbocycles. The van der Waals surface area contributed by atoms with Crippen molar-refractivity contribution in [3.63, 3.8) is 0 Å². The van der Waals surface area contributed by atoms with Crippen molar-refractivity contribution in [2.75, 3.05) is 0 Å². The molecule has 0 heterocycles. The average molecular weight is 627 g/mol. The smallest absolute Gasteiger partial charge is 0.334 e. The van der Waals surface area contributed by atoms with Crippen LogP contribution in [0.3, 0.4) is 0 Å². The molecule has 0 amide bonds. The van der Waals surface area contributed by atoms with Crippen LogP contribution >= 0.6 is 17.2 Å². The second kappa shape index (κ2) is 20.9. The molecule has 0 fully saturated rings. The lowest BCUT2D eigenvalue weighted by molar-refractivity contribution is -0.0520. The Morgan fingerprint density at radius 2 is 0.929 bits per heavy atom. The van der Waals surface area contributed by atoms with Gasteiger partial charge in [-0.1, -0.05) is 104 Å². The molecule has 0 aliphatic carbocycles. The van der Waals surface area contributed by atoms with Crippen molar-refractivity contribution in [1.82, 2.24) is 0 Å². The fraction of sp³-hybridized carbons (Fsp3) is 0.636.